The fourth-order valence-corrected chi connectivity index (χ4v) is 6.39. The number of carbonyl (C=O) groups is 2. The summed E-state index contributed by atoms with van der Waals surface area (Å²) in [5.41, 5.74) is 0.795. The number of carbonyl (C=O) groups excluding carboxylic acids is 1. The molecule has 1 aromatic carbocycles. The number of aliphatic carboxylic acids is 1. The van der Waals surface area contributed by atoms with Gasteiger partial charge in [0.1, 0.15) is 12.2 Å². The Kier molecular flexibility index (Phi) is 8.78. The Labute approximate surface area is 213 Å². The number of thioether (sulfide) groups is 1. The Morgan fingerprint density at radius 2 is 2.00 bits per heavy atom. The molecule has 1 aromatic heterocycles. The number of carboxylic acids is 1. The summed E-state index contributed by atoms with van der Waals surface area (Å²) in [5, 5.41) is 10.0. The van der Waals surface area contributed by atoms with Crippen LogP contribution in [0.5, 0.6) is 0 Å². The second kappa shape index (κ2) is 11.0. The van der Waals surface area contributed by atoms with E-state index in [0.29, 0.717) is 9.36 Å². The highest BCUT2D eigenvalue weighted by Gasteiger charge is 2.47. The van der Waals surface area contributed by atoms with Crippen molar-refractivity contribution in [2.24, 2.45) is 0 Å². The van der Waals surface area contributed by atoms with Crippen LogP contribution in [-0.2, 0) is 14.3 Å². The highest BCUT2D eigenvalue weighted by Crippen LogP contribution is 2.47. The number of nitrogens with zero attached hydrogens (tertiary/aromatic N) is 1. The first-order valence-electron chi connectivity index (χ1n) is 10.8. The SMILES string of the molecule is CC[C@@H](CSC(C)(C)C)N1C(=O)[C@@H](CC(=O)O)O[C@H](c2cccc(Cl)c2)[C@H]1c1ccc(Cl)s1. The molecule has 1 amide bonds. The molecule has 0 spiro atoms. The normalized spacial score (nSPS) is 22.4. The van der Waals surface area contributed by atoms with Gasteiger partial charge in [0, 0.05) is 26.4 Å². The molecule has 33 heavy (non-hydrogen) atoms. The molecule has 1 N–H and O–H groups in total. The van der Waals surface area contributed by atoms with Crippen molar-refractivity contribution in [1.82, 2.24) is 4.90 Å². The van der Waals surface area contributed by atoms with Crippen LogP contribution < -0.4 is 0 Å². The van der Waals surface area contributed by atoms with E-state index < -0.39 is 30.6 Å². The second-order valence-electron chi connectivity index (χ2n) is 9.02. The van der Waals surface area contributed by atoms with Crippen molar-refractivity contribution >= 4 is 58.2 Å². The number of morpholine rings is 1. The summed E-state index contributed by atoms with van der Waals surface area (Å²) in [7, 11) is 0. The van der Waals surface area contributed by atoms with Gasteiger partial charge in [0.05, 0.1) is 16.8 Å². The Morgan fingerprint density at radius 3 is 2.55 bits per heavy atom. The average molecular weight is 531 g/mol. The first-order chi connectivity index (χ1) is 15.5. The van der Waals surface area contributed by atoms with Crippen molar-refractivity contribution in [1.29, 1.82) is 0 Å². The predicted octanol–water partition coefficient (Wildman–Crippen LogP) is 6.85. The lowest BCUT2D eigenvalue weighted by molar-refractivity contribution is -0.182. The van der Waals surface area contributed by atoms with Crippen molar-refractivity contribution < 1.29 is 19.4 Å². The molecule has 1 aliphatic rings. The van der Waals surface area contributed by atoms with Crippen LogP contribution in [0.25, 0.3) is 0 Å². The molecule has 3 rings (SSSR count). The number of carboxylic acid groups (broad SMARTS) is 1. The van der Waals surface area contributed by atoms with Gasteiger partial charge in [-0.3, -0.25) is 9.59 Å². The summed E-state index contributed by atoms with van der Waals surface area (Å²) in [6.45, 7) is 8.48. The van der Waals surface area contributed by atoms with Gasteiger partial charge in [-0.15, -0.1) is 11.3 Å². The molecule has 1 aliphatic heterocycles. The van der Waals surface area contributed by atoms with Crippen LogP contribution >= 0.6 is 46.3 Å². The zero-order valence-corrected chi connectivity index (χ0v) is 22.2. The number of benzene rings is 1. The highest BCUT2D eigenvalue weighted by atomic mass is 35.5. The minimum atomic E-state index is -1.08. The van der Waals surface area contributed by atoms with Gasteiger partial charge in [0.15, 0.2) is 0 Å². The number of hydrogen-bond acceptors (Lipinski definition) is 5. The third-order valence-corrected chi connectivity index (χ3v) is 8.38. The molecule has 2 heterocycles. The number of thiophene rings is 1. The Bertz CT molecular complexity index is 991. The maximum absolute atomic E-state index is 13.7. The molecule has 4 atom stereocenters. The van der Waals surface area contributed by atoms with Gasteiger partial charge in [-0.1, -0.05) is 63.0 Å². The van der Waals surface area contributed by atoms with Gasteiger partial charge in [-0.25, -0.2) is 0 Å². The fraction of sp³-hybridized carbons (Fsp3) is 0.500. The van der Waals surface area contributed by atoms with E-state index in [1.807, 2.05) is 35.2 Å². The van der Waals surface area contributed by atoms with E-state index >= 15 is 0 Å². The Balaban J connectivity index is 2.12. The third kappa shape index (κ3) is 6.67. The lowest BCUT2D eigenvalue weighted by Crippen LogP contribution is -2.55. The molecule has 0 unspecified atom stereocenters. The summed E-state index contributed by atoms with van der Waals surface area (Å²) >= 11 is 15.8. The molecular formula is C24H29Cl2NO4S2. The smallest absolute Gasteiger partial charge is 0.306 e. The van der Waals surface area contributed by atoms with Crippen molar-refractivity contribution in [2.75, 3.05) is 5.75 Å². The van der Waals surface area contributed by atoms with Crippen LogP contribution in [0, 0.1) is 0 Å². The van der Waals surface area contributed by atoms with Crippen LogP contribution in [0.1, 0.15) is 63.1 Å². The summed E-state index contributed by atoms with van der Waals surface area (Å²) in [6.07, 6.45) is -1.32. The quantitative estimate of drug-likeness (QED) is 0.404. The van der Waals surface area contributed by atoms with Crippen LogP contribution in [0.3, 0.4) is 0 Å². The topological polar surface area (TPSA) is 66.8 Å². The largest absolute Gasteiger partial charge is 0.481 e. The minimum absolute atomic E-state index is 0.0251. The maximum atomic E-state index is 13.7. The van der Waals surface area contributed by atoms with E-state index in [4.69, 9.17) is 27.9 Å². The van der Waals surface area contributed by atoms with E-state index in [1.165, 1.54) is 11.3 Å². The second-order valence-corrected chi connectivity index (χ2v) is 13.0. The van der Waals surface area contributed by atoms with Crippen LogP contribution in [-0.4, -0.2) is 44.5 Å². The van der Waals surface area contributed by atoms with Crippen LogP contribution in [0.4, 0.5) is 0 Å². The third-order valence-electron chi connectivity index (χ3n) is 5.42. The highest BCUT2D eigenvalue weighted by molar-refractivity contribution is 8.00. The zero-order chi connectivity index (χ0) is 24.3. The van der Waals surface area contributed by atoms with E-state index in [9.17, 15) is 14.7 Å². The molecule has 1 saturated heterocycles. The fourth-order valence-electron chi connectivity index (χ4n) is 3.92. The van der Waals surface area contributed by atoms with Gasteiger partial charge in [-0.2, -0.15) is 11.8 Å². The summed E-state index contributed by atoms with van der Waals surface area (Å²) in [4.78, 5) is 28.0. The van der Waals surface area contributed by atoms with E-state index in [1.54, 1.807) is 17.8 Å². The van der Waals surface area contributed by atoms with E-state index in [2.05, 4.69) is 27.7 Å². The molecule has 5 nitrogen and oxygen atoms in total. The first-order valence-corrected chi connectivity index (χ1v) is 13.4. The molecule has 1 fully saturated rings. The Morgan fingerprint density at radius 1 is 1.27 bits per heavy atom. The average Bonchev–Trinajstić information content (AvgIpc) is 3.15. The van der Waals surface area contributed by atoms with Gasteiger partial charge in [-0.05, 0) is 36.2 Å². The van der Waals surface area contributed by atoms with Crippen LogP contribution in [0.2, 0.25) is 9.36 Å². The van der Waals surface area contributed by atoms with Crippen LogP contribution in [0.15, 0.2) is 36.4 Å². The molecule has 9 heteroatoms. The maximum Gasteiger partial charge on any atom is 0.306 e. The Hall–Kier alpha value is -1.25. The molecule has 0 bridgehead atoms. The molecule has 0 saturated carbocycles. The zero-order valence-electron chi connectivity index (χ0n) is 19.1. The molecular weight excluding hydrogens is 501 g/mol. The van der Waals surface area contributed by atoms with Gasteiger partial charge in [0.25, 0.3) is 5.91 Å². The van der Waals surface area contributed by atoms with E-state index in [-0.39, 0.29) is 16.7 Å². The van der Waals surface area contributed by atoms with E-state index in [0.717, 1.165) is 22.6 Å². The van der Waals surface area contributed by atoms with Crippen molar-refractivity contribution in [3.05, 3.63) is 56.2 Å². The lowest BCUT2D eigenvalue weighted by atomic mass is 9.93. The number of halogens is 2. The number of rotatable bonds is 8. The standard InChI is InChI=1S/C24H29Cl2NO4S2/c1-5-16(13-32-24(2,3)4)27-21(18-9-10-19(26)33-18)22(14-7-6-8-15(25)11-14)31-17(23(27)30)12-20(28)29/h6-11,16-17,21-22H,5,12-13H2,1-4H3,(H,28,29)/t16-,17+,21+,22+/m0/s1. The molecule has 0 radical (unpaired) electrons. The van der Waals surface area contributed by atoms with Gasteiger partial charge in [0.2, 0.25) is 0 Å². The predicted molar refractivity (Wildman–Crippen MR) is 137 cm³/mol. The number of hydrogen-bond donors (Lipinski definition) is 1. The lowest BCUT2D eigenvalue weighted by Gasteiger charge is -2.47. The summed E-state index contributed by atoms with van der Waals surface area (Å²) in [6, 6.07) is 10.5. The monoisotopic (exact) mass is 529 g/mol. The van der Waals surface area contributed by atoms with Gasteiger partial charge < -0.3 is 14.7 Å². The number of ether oxygens (including phenoxy) is 1. The minimum Gasteiger partial charge on any atom is -0.481 e. The first kappa shape index (κ1) is 26.4. The summed E-state index contributed by atoms with van der Waals surface area (Å²) in [5.74, 6) is -0.650. The number of amides is 1. The molecule has 180 valence electrons. The van der Waals surface area contributed by atoms with Crippen molar-refractivity contribution in [3.63, 3.8) is 0 Å². The van der Waals surface area contributed by atoms with Gasteiger partial charge >= 0.3 is 5.97 Å². The molecule has 2 aromatic rings. The summed E-state index contributed by atoms with van der Waals surface area (Å²) < 4.78 is 6.87. The van der Waals surface area contributed by atoms with Crippen molar-refractivity contribution in [3.8, 4) is 0 Å². The molecule has 0 aliphatic carbocycles. The van der Waals surface area contributed by atoms with Crippen molar-refractivity contribution in [2.45, 2.75) is 69.6 Å².